The van der Waals surface area contributed by atoms with Crippen molar-refractivity contribution in [2.45, 2.75) is 109 Å². The predicted octanol–water partition coefficient (Wildman–Crippen LogP) is 5.64. The lowest BCUT2D eigenvalue weighted by Gasteiger charge is -2.24. The quantitative estimate of drug-likeness (QED) is 0.235. The lowest BCUT2D eigenvalue weighted by atomic mass is 9.98. The average molecular weight is 349 g/mol. The Morgan fingerprint density at radius 1 is 0.783 bits per heavy atom. The molecule has 4 heteroatoms. The van der Waals surface area contributed by atoms with Crippen LogP contribution >= 0.6 is 12.0 Å². The van der Waals surface area contributed by atoms with Crippen molar-refractivity contribution in [3.05, 3.63) is 0 Å². The van der Waals surface area contributed by atoms with Crippen molar-refractivity contribution in [3.8, 4) is 0 Å². The maximum absolute atomic E-state index is 10.1. The van der Waals surface area contributed by atoms with Crippen LogP contribution in [0.1, 0.15) is 97.3 Å². The van der Waals surface area contributed by atoms with E-state index in [1.54, 1.807) is 0 Å². The number of hydrogen-bond acceptors (Lipinski definition) is 4. The fourth-order valence-corrected chi connectivity index (χ4v) is 3.59. The molecule has 0 radical (unpaired) electrons. The summed E-state index contributed by atoms with van der Waals surface area (Å²) in [5, 5.41) is 18.9. The SMILES string of the molecule is CCCCCCCCCCCCCCC(O)C(SO)C(C)CO. The molecule has 0 aromatic heterocycles. The molecule has 0 heterocycles. The highest BCUT2D eigenvalue weighted by Crippen LogP contribution is 2.23. The minimum Gasteiger partial charge on any atom is -0.396 e. The number of hydrogen-bond donors (Lipinski definition) is 3. The molecule has 0 aromatic rings. The molecule has 140 valence electrons. The molecule has 3 N–H and O–H groups in total. The smallest absolute Gasteiger partial charge is 0.0684 e. The van der Waals surface area contributed by atoms with Gasteiger partial charge in [0.2, 0.25) is 0 Å². The zero-order valence-corrected chi connectivity index (χ0v) is 16.2. The average Bonchev–Trinajstić information content (AvgIpc) is 2.56. The van der Waals surface area contributed by atoms with Crippen molar-refractivity contribution in [1.82, 2.24) is 0 Å². The summed E-state index contributed by atoms with van der Waals surface area (Å²) >= 11 is 0.685. The van der Waals surface area contributed by atoms with E-state index >= 15 is 0 Å². The maximum Gasteiger partial charge on any atom is 0.0684 e. The first kappa shape index (κ1) is 23.2. The highest BCUT2D eigenvalue weighted by Gasteiger charge is 2.24. The Labute approximate surface area is 148 Å². The normalized spacial score (nSPS) is 15.5. The summed E-state index contributed by atoms with van der Waals surface area (Å²) in [5.41, 5.74) is 0. The summed E-state index contributed by atoms with van der Waals surface area (Å²) in [6.07, 6.45) is 15.9. The van der Waals surface area contributed by atoms with Crippen LogP contribution in [0.2, 0.25) is 0 Å². The highest BCUT2D eigenvalue weighted by molar-refractivity contribution is 7.94. The van der Waals surface area contributed by atoms with E-state index in [-0.39, 0.29) is 17.8 Å². The second-order valence-corrected chi connectivity index (χ2v) is 7.73. The van der Waals surface area contributed by atoms with Gasteiger partial charge < -0.3 is 14.8 Å². The molecule has 0 amide bonds. The van der Waals surface area contributed by atoms with E-state index in [2.05, 4.69) is 6.92 Å². The van der Waals surface area contributed by atoms with Gasteiger partial charge in [0.05, 0.1) is 11.4 Å². The van der Waals surface area contributed by atoms with Gasteiger partial charge in [0.25, 0.3) is 0 Å². The lowest BCUT2D eigenvalue weighted by molar-refractivity contribution is 0.118. The minimum atomic E-state index is -0.518. The van der Waals surface area contributed by atoms with Crippen molar-refractivity contribution in [1.29, 1.82) is 0 Å². The van der Waals surface area contributed by atoms with Crippen LogP contribution in [0.25, 0.3) is 0 Å². The highest BCUT2D eigenvalue weighted by atomic mass is 32.2. The molecule has 0 aliphatic heterocycles. The largest absolute Gasteiger partial charge is 0.396 e. The topological polar surface area (TPSA) is 60.7 Å². The second kappa shape index (κ2) is 17.1. The Kier molecular flexibility index (Phi) is 17.2. The molecule has 0 saturated heterocycles. The molecule has 0 fully saturated rings. The zero-order valence-electron chi connectivity index (χ0n) is 15.4. The molecule has 0 saturated carbocycles. The van der Waals surface area contributed by atoms with Crippen LogP contribution in [0, 0.1) is 5.92 Å². The molecule has 0 aromatic carbocycles. The van der Waals surface area contributed by atoms with Gasteiger partial charge in [-0.25, -0.2) is 0 Å². The first-order chi connectivity index (χ1) is 11.2. The lowest BCUT2D eigenvalue weighted by Crippen LogP contribution is -2.31. The van der Waals surface area contributed by atoms with Crippen LogP contribution in [-0.2, 0) is 0 Å². The summed E-state index contributed by atoms with van der Waals surface area (Å²) in [6, 6.07) is 0. The standard InChI is InChI=1S/C19H40O3S/c1-3-4-5-6-7-8-9-10-11-12-13-14-15-18(21)19(23-22)17(2)16-20/h17-22H,3-16H2,1-2H3. The van der Waals surface area contributed by atoms with Gasteiger partial charge in [-0.05, 0) is 24.4 Å². The summed E-state index contributed by atoms with van der Waals surface area (Å²) in [5.74, 6) is -0.0719. The van der Waals surface area contributed by atoms with Gasteiger partial charge in [0.15, 0.2) is 0 Å². The van der Waals surface area contributed by atoms with Crippen LogP contribution in [0.3, 0.4) is 0 Å². The van der Waals surface area contributed by atoms with Crippen molar-refractivity contribution in [2.75, 3.05) is 6.61 Å². The van der Waals surface area contributed by atoms with Crippen molar-refractivity contribution < 1.29 is 14.8 Å². The van der Waals surface area contributed by atoms with Gasteiger partial charge in [-0.1, -0.05) is 90.9 Å². The third kappa shape index (κ3) is 13.2. The number of rotatable bonds is 17. The predicted molar refractivity (Wildman–Crippen MR) is 102 cm³/mol. The van der Waals surface area contributed by atoms with Gasteiger partial charge in [-0.3, -0.25) is 0 Å². The fraction of sp³-hybridized carbons (Fsp3) is 1.00. The molecule has 0 aliphatic rings. The van der Waals surface area contributed by atoms with Crippen LogP contribution in [0.15, 0.2) is 0 Å². The van der Waals surface area contributed by atoms with Crippen LogP contribution in [-0.4, -0.2) is 32.7 Å². The molecular weight excluding hydrogens is 308 g/mol. The zero-order chi connectivity index (χ0) is 17.3. The first-order valence-corrected chi connectivity index (χ1v) is 10.6. The third-order valence-corrected chi connectivity index (χ3v) is 5.73. The molecule has 0 rings (SSSR count). The molecular formula is C19H40O3S. The molecule has 0 aliphatic carbocycles. The maximum atomic E-state index is 10.1. The molecule has 3 unspecified atom stereocenters. The van der Waals surface area contributed by atoms with E-state index in [0.29, 0.717) is 12.0 Å². The van der Waals surface area contributed by atoms with Crippen molar-refractivity contribution >= 4 is 12.0 Å². The van der Waals surface area contributed by atoms with Gasteiger partial charge in [0.1, 0.15) is 0 Å². The van der Waals surface area contributed by atoms with Gasteiger partial charge in [-0.2, -0.15) is 0 Å². The van der Waals surface area contributed by atoms with E-state index < -0.39 is 6.10 Å². The first-order valence-electron chi connectivity index (χ1n) is 9.76. The van der Waals surface area contributed by atoms with E-state index in [1.165, 1.54) is 64.2 Å². The van der Waals surface area contributed by atoms with Crippen LogP contribution in [0.4, 0.5) is 0 Å². The monoisotopic (exact) mass is 348 g/mol. The fourth-order valence-electron chi connectivity index (χ4n) is 3.02. The number of unbranched alkanes of at least 4 members (excludes halogenated alkanes) is 11. The van der Waals surface area contributed by atoms with Crippen LogP contribution < -0.4 is 0 Å². The Hall–Kier alpha value is 0.230. The van der Waals surface area contributed by atoms with Gasteiger partial charge >= 0.3 is 0 Å². The molecule has 3 atom stereocenters. The second-order valence-electron chi connectivity index (χ2n) is 6.97. The van der Waals surface area contributed by atoms with E-state index in [0.717, 1.165) is 19.3 Å². The third-order valence-electron chi connectivity index (χ3n) is 4.70. The summed E-state index contributed by atoms with van der Waals surface area (Å²) in [4.78, 5) is 0. The Morgan fingerprint density at radius 2 is 1.22 bits per heavy atom. The Balaban J connectivity index is 3.38. The van der Waals surface area contributed by atoms with Gasteiger partial charge in [-0.15, -0.1) is 0 Å². The van der Waals surface area contributed by atoms with E-state index in [9.17, 15) is 9.66 Å². The van der Waals surface area contributed by atoms with Crippen LogP contribution in [0.5, 0.6) is 0 Å². The van der Waals surface area contributed by atoms with E-state index in [4.69, 9.17) is 5.11 Å². The molecule has 3 nitrogen and oxygen atoms in total. The Bertz CT molecular complexity index is 239. The molecule has 23 heavy (non-hydrogen) atoms. The van der Waals surface area contributed by atoms with Crippen molar-refractivity contribution in [2.24, 2.45) is 5.92 Å². The van der Waals surface area contributed by atoms with Crippen molar-refractivity contribution in [3.63, 3.8) is 0 Å². The summed E-state index contributed by atoms with van der Waals surface area (Å²) in [6.45, 7) is 4.13. The minimum absolute atomic E-state index is 0.00767. The molecule has 0 bridgehead atoms. The number of aliphatic hydroxyl groups is 2. The van der Waals surface area contributed by atoms with E-state index in [1.807, 2.05) is 6.92 Å². The van der Waals surface area contributed by atoms with Gasteiger partial charge in [0, 0.05) is 6.61 Å². The summed E-state index contributed by atoms with van der Waals surface area (Å²) in [7, 11) is 0. The number of aliphatic hydroxyl groups excluding tert-OH is 2. The summed E-state index contributed by atoms with van der Waals surface area (Å²) < 4.78 is 9.23. The molecule has 0 spiro atoms. The Morgan fingerprint density at radius 3 is 1.61 bits per heavy atom.